The van der Waals surface area contributed by atoms with Gasteiger partial charge in [-0.3, -0.25) is 9.59 Å². The number of carbonyl (C=O) groups excluding carboxylic acids is 2. The Bertz CT molecular complexity index is 1020. The van der Waals surface area contributed by atoms with Gasteiger partial charge < -0.3 is 10.6 Å². The molecule has 0 saturated heterocycles. The molecule has 4 nitrogen and oxygen atoms in total. The van der Waals surface area contributed by atoms with Gasteiger partial charge in [-0.25, -0.2) is 0 Å². The van der Waals surface area contributed by atoms with E-state index in [9.17, 15) is 9.59 Å². The predicted molar refractivity (Wildman–Crippen MR) is 132 cm³/mol. The second-order valence-corrected chi connectivity index (χ2v) is 9.38. The fourth-order valence-corrected chi connectivity index (χ4v) is 3.98. The van der Waals surface area contributed by atoms with E-state index in [1.54, 1.807) is 54.6 Å². The molecule has 0 aliphatic heterocycles. The van der Waals surface area contributed by atoms with E-state index < -0.39 is 6.17 Å². The Kier molecular flexibility index (Phi) is 7.78. The first kappa shape index (κ1) is 22.3. The van der Waals surface area contributed by atoms with E-state index in [4.69, 9.17) is 23.2 Å². The molecule has 0 atom stereocenters. The molecule has 0 unspecified atom stereocenters. The second-order valence-electron chi connectivity index (χ2n) is 6.07. The lowest BCUT2D eigenvalue weighted by atomic mass is 10.1. The number of hydrogen-bond donors (Lipinski definition) is 2. The van der Waals surface area contributed by atoms with Gasteiger partial charge in [0.2, 0.25) is 0 Å². The Morgan fingerprint density at radius 1 is 0.724 bits per heavy atom. The highest BCUT2D eigenvalue weighted by molar-refractivity contribution is 14.1. The molecule has 0 aromatic heterocycles. The second kappa shape index (κ2) is 10.1. The van der Waals surface area contributed by atoms with E-state index in [0.717, 1.165) is 7.14 Å². The summed E-state index contributed by atoms with van der Waals surface area (Å²) < 4.78 is 1.87. The SMILES string of the molecule is O=C(NC(NC(=O)c1cccc(I)c1)c1ccc(Cl)c(Cl)c1)c1cccc(I)c1. The molecule has 29 heavy (non-hydrogen) atoms. The summed E-state index contributed by atoms with van der Waals surface area (Å²) in [5.74, 6) is -0.634. The molecule has 0 radical (unpaired) electrons. The van der Waals surface area contributed by atoms with E-state index in [1.165, 1.54) is 0 Å². The Morgan fingerprint density at radius 3 is 1.69 bits per heavy atom. The molecule has 3 aromatic carbocycles. The van der Waals surface area contributed by atoms with Crippen molar-refractivity contribution >= 4 is 80.2 Å². The molecular formula is C21H14Cl2I2N2O2. The zero-order valence-corrected chi connectivity index (χ0v) is 20.6. The summed E-state index contributed by atoms with van der Waals surface area (Å²) in [6.07, 6.45) is -0.791. The third-order valence-corrected chi connectivity index (χ3v) is 6.08. The Labute approximate surface area is 205 Å². The summed E-state index contributed by atoms with van der Waals surface area (Å²) >= 11 is 16.4. The van der Waals surface area contributed by atoms with E-state index in [1.807, 2.05) is 12.1 Å². The average molecular weight is 651 g/mol. The molecular weight excluding hydrogens is 637 g/mol. The van der Waals surface area contributed by atoms with Crippen molar-refractivity contribution in [3.63, 3.8) is 0 Å². The molecule has 2 N–H and O–H groups in total. The minimum absolute atomic E-state index is 0.317. The topological polar surface area (TPSA) is 58.2 Å². The minimum atomic E-state index is -0.791. The summed E-state index contributed by atoms with van der Waals surface area (Å²) in [5.41, 5.74) is 1.59. The number of rotatable bonds is 5. The summed E-state index contributed by atoms with van der Waals surface area (Å²) in [6.45, 7) is 0. The maximum atomic E-state index is 12.8. The summed E-state index contributed by atoms with van der Waals surface area (Å²) in [5, 5.41) is 6.45. The highest BCUT2D eigenvalue weighted by Crippen LogP contribution is 2.25. The minimum Gasteiger partial charge on any atom is -0.328 e. The zero-order valence-electron chi connectivity index (χ0n) is 14.8. The molecule has 0 fully saturated rings. The van der Waals surface area contributed by atoms with Gasteiger partial charge in [-0.2, -0.15) is 0 Å². The maximum Gasteiger partial charge on any atom is 0.253 e. The quantitative estimate of drug-likeness (QED) is 0.261. The van der Waals surface area contributed by atoms with Gasteiger partial charge in [-0.1, -0.05) is 41.4 Å². The van der Waals surface area contributed by atoms with Crippen LogP contribution in [0, 0.1) is 7.14 Å². The van der Waals surface area contributed by atoms with Crippen LogP contribution in [0.3, 0.4) is 0 Å². The molecule has 0 bridgehead atoms. The van der Waals surface area contributed by atoms with Crippen LogP contribution in [0.5, 0.6) is 0 Å². The lowest BCUT2D eigenvalue weighted by Crippen LogP contribution is -2.41. The first-order valence-corrected chi connectivity index (χ1v) is 11.3. The molecule has 0 heterocycles. The lowest BCUT2D eigenvalue weighted by Gasteiger charge is -2.21. The molecule has 0 saturated carbocycles. The van der Waals surface area contributed by atoms with Gasteiger partial charge in [0, 0.05) is 18.3 Å². The fraction of sp³-hybridized carbons (Fsp3) is 0.0476. The Balaban J connectivity index is 1.89. The van der Waals surface area contributed by atoms with Crippen LogP contribution in [0.15, 0.2) is 66.7 Å². The number of hydrogen-bond acceptors (Lipinski definition) is 2. The Morgan fingerprint density at radius 2 is 1.24 bits per heavy atom. The van der Waals surface area contributed by atoms with Crippen molar-refractivity contribution in [1.82, 2.24) is 10.6 Å². The molecule has 3 rings (SSSR count). The first-order chi connectivity index (χ1) is 13.8. The highest BCUT2D eigenvalue weighted by Gasteiger charge is 2.20. The van der Waals surface area contributed by atoms with Crippen molar-refractivity contribution in [1.29, 1.82) is 0 Å². The number of benzene rings is 3. The number of halogens is 4. The first-order valence-electron chi connectivity index (χ1n) is 8.41. The van der Waals surface area contributed by atoms with Gasteiger partial charge in [0.25, 0.3) is 11.8 Å². The monoisotopic (exact) mass is 650 g/mol. The zero-order chi connectivity index (χ0) is 21.0. The van der Waals surface area contributed by atoms with Crippen LogP contribution in [0.25, 0.3) is 0 Å². The normalized spacial score (nSPS) is 10.7. The van der Waals surface area contributed by atoms with Crippen LogP contribution in [0.1, 0.15) is 32.4 Å². The van der Waals surface area contributed by atoms with E-state index in [0.29, 0.717) is 26.7 Å². The van der Waals surface area contributed by atoms with Crippen LogP contribution in [-0.2, 0) is 0 Å². The van der Waals surface area contributed by atoms with Crippen molar-refractivity contribution in [3.05, 3.63) is 101 Å². The van der Waals surface area contributed by atoms with Crippen LogP contribution in [0.4, 0.5) is 0 Å². The van der Waals surface area contributed by atoms with Crippen LogP contribution in [0.2, 0.25) is 10.0 Å². The molecule has 8 heteroatoms. The summed E-state index contributed by atoms with van der Waals surface area (Å²) in [4.78, 5) is 25.6. The standard InChI is InChI=1S/C21H14Cl2I2N2O2/c22-17-8-7-12(11-18(17)23)19(26-20(28)13-3-1-5-15(24)9-13)27-21(29)14-4-2-6-16(25)10-14/h1-11,19H,(H,26,28)(H,27,29). The number of carbonyl (C=O) groups is 2. The summed E-state index contributed by atoms with van der Waals surface area (Å²) in [7, 11) is 0. The van der Waals surface area contributed by atoms with Crippen molar-refractivity contribution in [3.8, 4) is 0 Å². The Hall–Kier alpha value is -1.36. The van der Waals surface area contributed by atoms with Gasteiger partial charge in [-0.15, -0.1) is 0 Å². The van der Waals surface area contributed by atoms with E-state index >= 15 is 0 Å². The number of nitrogens with one attached hydrogen (secondary N) is 2. The summed E-state index contributed by atoms with van der Waals surface area (Å²) in [6, 6.07) is 19.3. The van der Waals surface area contributed by atoms with Crippen molar-refractivity contribution in [2.24, 2.45) is 0 Å². The lowest BCUT2D eigenvalue weighted by molar-refractivity contribution is 0.0883. The van der Waals surface area contributed by atoms with Gasteiger partial charge in [0.15, 0.2) is 0 Å². The van der Waals surface area contributed by atoms with Gasteiger partial charge in [0.1, 0.15) is 6.17 Å². The molecule has 3 aromatic rings. The maximum absolute atomic E-state index is 12.8. The molecule has 0 aliphatic rings. The van der Waals surface area contributed by atoms with Gasteiger partial charge in [-0.05, 0) is 99.3 Å². The van der Waals surface area contributed by atoms with Gasteiger partial charge >= 0.3 is 0 Å². The third-order valence-electron chi connectivity index (χ3n) is 4.00. The van der Waals surface area contributed by atoms with Crippen LogP contribution in [-0.4, -0.2) is 11.8 Å². The van der Waals surface area contributed by atoms with Crippen molar-refractivity contribution < 1.29 is 9.59 Å². The van der Waals surface area contributed by atoms with Crippen molar-refractivity contribution in [2.75, 3.05) is 0 Å². The molecule has 148 valence electrons. The predicted octanol–water partition coefficient (Wildman–Crippen LogP) is 6.06. The van der Waals surface area contributed by atoms with E-state index in [2.05, 4.69) is 55.8 Å². The van der Waals surface area contributed by atoms with E-state index in [-0.39, 0.29) is 11.8 Å². The van der Waals surface area contributed by atoms with Crippen LogP contribution < -0.4 is 10.6 Å². The fourth-order valence-electron chi connectivity index (χ4n) is 2.58. The van der Waals surface area contributed by atoms with Gasteiger partial charge in [0.05, 0.1) is 10.0 Å². The number of amides is 2. The average Bonchev–Trinajstić information content (AvgIpc) is 2.69. The largest absolute Gasteiger partial charge is 0.328 e. The molecule has 0 spiro atoms. The third kappa shape index (κ3) is 6.07. The smallest absolute Gasteiger partial charge is 0.253 e. The van der Waals surface area contributed by atoms with Crippen molar-refractivity contribution in [2.45, 2.75) is 6.17 Å². The highest BCUT2D eigenvalue weighted by atomic mass is 127. The molecule has 2 amide bonds. The van der Waals surface area contributed by atoms with Crippen LogP contribution >= 0.6 is 68.4 Å². The molecule has 0 aliphatic carbocycles.